The standard InChI is InChI=1S/C19H14ClNO4/c20-15-9-16(21(23)24)13-7-4-8-14-17(13)18(15)25-11-19(14,22)10-12-5-2-1-3-6-12/h1-9,22H,10-11H2. The van der Waals surface area contributed by atoms with Gasteiger partial charge in [0.05, 0.1) is 15.3 Å². The summed E-state index contributed by atoms with van der Waals surface area (Å²) in [7, 11) is 0. The zero-order valence-corrected chi connectivity index (χ0v) is 13.9. The minimum Gasteiger partial charge on any atom is -0.488 e. The molecule has 0 aliphatic carbocycles. The quantitative estimate of drug-likeness (QED) is 0.564. The van der Waals surface area contributed by atoms with Crippen molar-refractivity contribution in [1.29, 1.82) is 0 Å². The maximum absolute atomic E-state index is 11.4. The molecule has 3 aromatic carbocycles. The molecule has 1 atom stereocenters. The van der Waals surface area contributed by atoms with Gasteiger partial charge in [-0.25, -0.2) is 0 Å². The Morgan fingerprint density at radius 3 is 2.68 bits per heavy atom. The van der Waals surface area contributed by atoms with Crippen LogP contribution < -0.4 is 4.74 Å². The van der Waals surface area contributed by atoms with Gasteiger partial charge < -0.3 is 9.84 Å². The van der Waals surface area contributed by atoms with E-state index in [1.165, 1.54) is 6.07 Å². The number of halogens is 1. The number of benzene rings is 3. The molecule has 3 aromatic rings. The van der Waals surface area contributed by atoms with Crippen molar-refractivity contribution >= 4 is 28.1 Å². The molecular weight excluding hydrogens is 342 g/mol. The normalized spacial score (nSPS) is 18.8. The molecule has 4 rings (SSSR count). The van der Waals surface area contributed by atoms with Crippen LogP contribution in [0.1, 0.15) is 11.1 Å². The molecule has 0 fully saturated rings. The smallest absolute Gasteiger partial charge is 0.278 e. The highest BCUT2D eigenvalue weighted by Gasteiger charge is 2.38. The van der Waals surface area contributed by atoms with Gasteiger partial charge in [-0.15, -0.1) is 0 Å². The summed E-state index contributed by atoms with van der Waals surface area (Å²) in [6.45, 7) is 0.0333. The molecule has 6 heteroatoms. The number of nitro groups is 1. The number of hydrogen-bond acceptors (Lipinski definition) is 4. The van der Waals surface area contributed by atoms with Crippen LogP contribution in [0.15, 0.2) is 54.6 Å². The van der Waals surface area contributed by atoms with Crippen LogP contribution in [0.5, 0.6) is 5.75 Å². The van der Waals surface area contributed by atoms with Crippen molar-refractivity contribution in [3.05, 3.63) is 80.9 Å². The Morgan fingerprint density at radius 1 is 1.20 bits per heavy atom. The Morgan fingerprint density at radius 2 is 1.96 bits per heavy atom. The number of hydrogen-bond donors (Lipinski definition) is 1. The fraction of sp³-hybridized carbons (Fsp3) is 0.158. The molecule has 5 nitrogen and oxygen atoms in total. The lowest BCUT2D eigenvalue weighted by Gasteiger charge is -2.34. The van der Waals surface area contributed by atoms with E-state index in [4.69, 9.17) is 16.3 Å². The minimum atomic E-state index is -1.29. The summed E-state index contributed by atoms with van der Waals surface area (Å²) in [5.41, 5.74) is 0.163. The van der Waals surface area contributed by atoms with E-state index < -0.39 is 10.5 Å². The van der Waals surface area contributed by atoms with E-state index in [9.17, 15) is 15.2 Å². The molecule has 25 heavy (non-hydrogen) atoms. The second-order valence-corrected chi connectivity index (χ2v) is 6.58. The van der Waals surface area contributed by atoms with Gasteiger partial charge in [-0.3, -0.25) is 10.1 Å². The summed E-state index contributed by atoms with van der Waals surface area (Å²) in [6.07, 6.45) is 0.340. The van der Waals surface area contributed by atoms with Crippen LogP contribution in [0.25, 0.3) is 10.8 Å². The summed E-state index contributed by atoms with van der Waals surface area (Å²) in [6, 6.07) is 16.0. The van der Waals surface area contributed by atoms with E-state index in [1.54, 1.807) is 18.2 Å². The average molecular weight is 356 g/mol. The van der Waals surface area contributed by atoms with Crippen LogP contribution in [0.3, 0.4) is 0 Å². The number of aliphatic hydroxyl groups is 1. The molecule has 1 N–H and O–H groups in total. The van der Waals surface area contributed by atoms with Crippen molar-refractivity contribution in [1.82, 2.24) is 0 Å². The molecular formula is C19H14ClNO4. The minimum absolute atomic E-state index is 0.0333. The van der Waals surface area contributed by atoms with Crippen molar-refractivity contribution in [2.75, 3.05) is 6.61 Å². The van der Waals surface area contributed by atoms with Gasteiger partial charge in [0.2, 0.25) is 0 Å². The second kappa shape index (κ2) is 5.72. The number of ether oxygens (including phenoxy) is 1. The summed E-state index contributed by atoms with van der Waals surface area (Å²) in [5.74, 6) is 0.385. The highest BCUT2D eigenvalue weighted by Crippen LogP contribution is 2.47. The summed E-state index contributed by atoms with van der Waals surface area (Å²) in [4.78, 5) is 10.9. The third kappa shape index (κ3) is 2.52. The van der Waals surface area contributed by atoms with Gasteiger partial charge in [-0.2, -0.15) is 0 Å². The Labute approximate surface area is 148 Å². The fourth-order valence-electron chi connectivity index (χ4n) is 3.42. The van der Waals surface area contributed by atoms with E-state index in [0.29, 0.717) is 28.5 Å². The number of nitrogens with zero attached hydrogens (tertiary/aromatic N) is 1. The zero-order chi connectivity index (χ0) is 17.6. The largest absolute Gasteiger partial charge is 0.488 e. The highest BCUT2D eigenvalue weighted by molar-refractivity contribution is 6.34. The number of nitro benzene ring substituents is 1. The molecule has 0 saturated heterocycles. The van der Waals surface area contributed by atoms with E-state index in [-0.39, 0.29) is 17.3 Å². The fourth-order valence-corrected chi connectivity index (χ4v) is 3.67. The van der Waals surface area contributed by atoms with Crippen molar-refractivity contribution in [3.8, 4) is 5.75 Å². The number of non-ortho nitro benzene ring substituents is 1. The van der Waals surface area contributed by atoms with Crippen LogP contribution in [0.2, 0.25) is 5.02 Å². The average Bonchev–Trinajstić information content (AvgIpc) is 2.60. The Balaban J connectivity index is 1.95. The topological polar surface area (TPSA) is 72.6 Å². The van der Waals surface area contributed by atoms with Crippen molar-refractivity contribution in [2.45, 2.75) is 12.0 Å². The van der Waals surface area contributed by atoms with E-state index in [0.717, 1.165) is 5.56 Å². The SMILES string of the molecule is O=[N+]([O-])c1cc(Cl)c2c3c(cccc13)C(O)(Cc1ccccc1)CO2. The molecule has 126 valence electrons. The van der Waals surface area contributed by atoms with Gasteiger partial charge in [-0.05, 0) is 17.2 Å². The van der Waals surface area contributed by atoms with Gasteiger partial charge >= 0.3 is 0 Å². The van der Waals surface area contributed by atoms with Crippen LogP contribution in [0.4, 0.5) is 5.69 Å². The molecule has 0 spiro atoms. The maximum Gasteiger partial charge on any atom is 0.278 e. The van der Waals surface area contributed by atoms with Gasteiger partial charge in [0.25, 0.3) is 5.69 Å². The molecule has 1 heterocycles. The molecule has 1 aliphatic rings. The first-order valence-electron chi connectivity index (χ1n) is 7.79. The molecule has 0 bridgehead atoms. The molecule has 0 amide bonds. The summed E-state index contributed by atoms with van der Waals surface area (Å²) < 4.78 is 5.74. The zero-order valence-electron chi connectivity index (χ0n) is 13.1. The van der Waals surface area contributed by atoms with E-state index in [1.807, 2.05) is 30.3 Å². The van der Waals surface area contributed by atoms with Gasteiger partial charge in [-0.1, -0.05) is 54.1 Å². The molecule has 1 aliphatic heterocycles. The molecule has 0 saturated carbocycles. The van der Waals surface area contributed by atoms with E-state index >= 15 is 0 Å². The lowest BCUT2D eigenvalue weighted by atomic mass is 9.83. The lowest BCUT2D eigenvalue weighted by molar-refractivity contribution is -0.383. The van der Waals surface area contributed by atoms with Gasteiger partial charge in [0, 0.05) is 17.9 Å². The lowest BCUT2D eigenvalue weighted by Crippen LogP contribution is -2.38. The first kappa shape index (κ1) is 15.9. The Hall–Kier alpha value is -2.63. The molecule has 0 aromatic heterocycles. The first-order valence-corrected chi connectivity index (χ1v) is 8.16. The Bertz CT molecular complexity index is 990. The Kier molecular flexibility index (Phi) is 3.63. The monoisotopic (exact) mass is 355 g/mol. The molecule has 0 radical (unpaired) electrons. The third-order valence-electron chi connectivity index (χ3n) is 4.54. The first-order chi connectivity index (χ1) is 12.0. The van der Waals surface area contributed by atoms with Crippen molar-refractivity contribution in [3.63, 3.8) is 0 Å². The number of rotatable bonds is 3. The summed E-state index contributed by atoms with van der Waals surface area (Å²) >= 11 is 6.20. The van der Waals surface area contributed by atoms with Crippen LogP contribution >= 0.6 is 11.6 Å². The van der Waals surface area contributed by atoms with Gasteiger partial charge in [0.1, 0.15) is 18.0 Å². The third-order valence-corrected chi connectivity index (χ3v) is 4.82. The highest BCUT2D eigenvalue weighted by atomic mass is 35.5. The maximum atomic E-state index is 11.4. The second-order valence-electron chi connectivity index (χ2n) is 6.17. The predicted octanol–water partition coefficient (Wildman–Crippen LogP) is 4.22. The molecule has 1 unspecified atom stereocenters. The van der Waals surface area contributed by atoms with Crippen LogP contribution in [0, 0.1) is 10.1 Å². The summed E-state index contributed by atoms with van der Waals surface area (Å²) in [5, 5.41) is 23.8. The van der Waals surface area contributed by atoms with Crippen LogP contribution in [-0.4, -0.2) is 16.6 Å². The van der Waals surface area contributed by atoms with Crippen molar-refractivity contribution < 1.29 is 14.8 Å². The van der Waals surface area contributed by atoms with Gasteiger partial charge in [0.15, 0.2) is 0 Å². The predicted molar refractivity (Wildman–Crippen MR) is 95.2 cm³/mol. The van der Waals surface area contributed by atoms with Crippen LogP contribution in [-0.2, 0) is 12.0 Å². The van der Waals surface area contributed by atoms with E-state index in [2.05, 4.69) is 0 Å². The van der Waals surface area contributed by atoms with Crippen molar-refractivity contribution in [2.24, 2.45) is 0 Å².